The normalized spacial score (nSPS) is 15.5. The molecule has 6 rings (SSSR count). The van der Waals surface area contributed by atoms with E-state index in [-0.39, 0.29) is 11.4 Å². The average molecular weight is 497 g/mol. The molecule has 0 atom stereocenters. The Kier molecular flexibility index (Phi) is 5.66. The molecular weight excluding hydrogens is 464 g/mol. The molecule has 37 heavy (non-hydrogen) atoms. The van der Waals surface area contributed by atoms with Crippen LogP contribution in [0.5, 0.6) is 5.75 Å². The lowest BCUT2D eigenvalue weighted by Crippen LogP contribution is -2.47. The number of rotatable bonds is 3. The molecule has 0 aliphatic carbocycles. The Morgan fingerprint density at radius 3 is 2.59 bits per heavy atom. The number of fused-ring (bicyclic) bond motifs is 5. The Bertz CT molecular complexity index is 1460. The van der Waals surface area contributed by atoms with Gasteiger partial charge in [-0.1, -0.05) is 6.07 Å². The molecule has 0 fully saturated rings. The van der Waals surface area contributed by atoms with Crippen molar-refractivity contribution in [2.75, 3.05) is 13.7 Å². The van der Waals surface area contributed by atoms with Crippen LogP contribution in [0.4, 0.5) is 0 Å². The van der Waals surface area contributed by atoms with Crippen molar-refractivity contribution in [3.8, 4) is 39.6 Å². The first-order valence-corrected chi connectivity index (χ1v) is 13.0. The Labute approximate surface area is 217 Å². The van der Waals surface area contributed by atoms with E-state index in [9.17, 15) is 4.79 Å². The maximum absolute atomic E-state index is 14.2. The minimum Gasteiger partial charge on any atom is -0.496 e. The van der Waals surface area contributed by atoms with Crippen LogP contribution in [0.25, 0.3) is 33.8 Å². The quantitative estimate of drug-likeness (QED) is 0.347. The topological polar surface area (TPSA) is 73.4 Å². The molecule has 3 aromatic heterocycles. The van der Waals surface area contributed by atoms with Gasteiger partial charge >= 0.3 is 0 Å². The molecule has 7 nitrogen and oxygen atoms in total. The van der Waals surface area contributed by atoms with Gasteiger partial charge in [0.05, 0.1) is 24.6 Å². The maximum Gasteiger partial charge on any atom is 0.271 e. The summed E-state index contributed by atoms with van der Waals surface area (Å²) in [6.07, 6.45) is 10.5. The van der Waals surface area contributed by atoms with Crippen molar-refractivity contribution in [2.24, 2.45) is 0 Å². The second-order valence-corrected chi connectivity index (χ2v) is 10.8. The van der Waals surface area contributed by atoms with Gasteiger partial charge in [-0.25, -0.2) is 4.98 Å². The lowest BCUT2D eigenvalue weighted by Gasteiger charge is -2.37. The number of aryl methyl sites for hydroxylation is 1. The lowest BCUT2D eigenvalue weighted by molar-refractivity contribution is 0.0558. The van der Waals surface area contributed by atoms with Gasteiger partial charge in [0, 0.05) is 47.7 Å². The molecule has 0 N–H and O–H groups in total. The van der Waals surface area contributed by atoms with Crippen LogP contribution in [0.1, 0.15) is 55.2 Å². The van der Waals surface area contributed by atoms with Crippen LogP contribution in [-0.4, -0.2) is 44.5 Å². The number of oxazole rings is 1. The molecule has 1 aromatic carbocycles. The SMILES string of the molecule is COc1cc2c(cc1-c1cccnc1)-c1c(-c3ncco3)c3c(n1CC2)C(=O)N(C(C)(C)C)CCCC3. The van der Waals surface area contributed by atoms with E-state index in [1.54, 1.807) is 25.8 Å². The number of nitrogens with zero attached hydrogens (tertiary/aromatic N) is 4. The predicted molar refractivity (Wildman–Crippen MR) is 143 cm³/mol. The first-order valence-electron chi connectivity index (χ1n) is 13.0. The third-order valence-corrected chi connectivity index (χ3v) is 7.58. The number of methoxy groups -OCH3 is 1. The number of ether oxygens (including phenoxy) is 1. The summed E-state index contributed by atoms with van der Waals surface area (Å²) in [6, 6.07) is 8.29. The van der Waals surface area contributed by atoms with E-state index < -0.39 is 0 Å². The fourth-order valence-corrected chi connectivity index (χ4v) is 5.88. The standard InChI is InChI=1S/C30H32N4O3/c1-30(2,3)34-13-6-5-9-21-25(28-32-12-15-37-28)26-23-17-22(20-8-7-11-31-18-20)24(36-4)16-19(23)10-14-33(26)27(21)29(34)35/h7-8,11-12,15-18H,5-6,9-10,13-14H2,1-4H3. The highest BCUT2D eigenvalue weighted by molar-refractivity contribution is 6.01. The Balaban J connectivity index is 1.65. The molecular formula is C30H32N4O3. The van der Waals surface area contributed by atoms with E-state index in [1.807, 2.05) is 23.2 Å². The number of hydrogen-bond donors (Lipinski definition) is 0. The van der Waals surface area contributed by atoms with Crippen LogP contribution in [-0.2, 0) is 19.4 Å². The zero-order chi connectivity index (χ0) is 25.7. The molecule has 2 aliphatic heterocycles. The molecule has 2 aliphatic rings. The Morgan fingerprint density at radius 1 is 1.03 bits per heavy atom. The molecule has 1 amide bonds. The van der Waals surface area contributed by atoms with Gasteiger partial charge in [-0.05, 0) is 75.8 Å². The fourth-order valence-electron chi connectivity index (χ4n) is 5.88. The van der Waals surface area contributed by atoms with Gasteiger partial charge in [0.1, 0.15) is 17.7 Å². The van der Waals surface area contributed by atoms with E-state index in [0.29, 0.717) is 12.4 Å². The smallest absolute Gasteiger partial charge is 0.271 e. The van der Waals surface area contributed by atoms with Gasteiger partial charge < -0.3 is 18.6 Å². The molecule has 0 saturated heterocycles. The second-order valence-electron chi connectivity index (χ2n) is 10.8. The molecule has 190 valence electrons. The molecule has 0 saturated carbocycles. The largest absolute Gasteiger partial charge is 0.496 e. The highest BCUT2D eigenvalue weighted by Gasteiger charge is 2.38. The third kappa shape index (κ3) is 3.84. The van der Waals surface area contributed by atoms with E-state index in [4.69, 9.17) is 9.15 Å². The van der Waals surface area contributed by atoms with Crippen molar-refractivity contribution in [3.05, 3.63) is 65.9 Å². The lowest BCUT2D eigenvalue weighted by atomic mass is 9.90. The van der Waals surface area contributed by atoms with Crippen LogP contribution in [0.15, 0.2) is 53.5 Å². The van der Waals surface area contributed by atoms with Gasteiger partial charge in [0.2, 0.25) is 5.89 Å². The molecule has 0 radical (unpaired) electrons. The number of hydrogen-bond acceptors (Lipinski definition) is 5. The molecule has 4 aromatic rings. The summed E-state index contributed by atoms with van der Waals surface area (Å²) < 4.78 is 13.9. The third-order valence-electron chi connectivity index (χ3n) is 7.58. The fraction of sp³-hybridized carbons (Fsp3) is 0.367. The zero-order valence-electron chi connectivity index (χ0n) is 21.9. The highest BCUT2D eigenvalue weighted by Crippen LogP contribution is 2.47. The van der Waals surface area contributed by atoms with Gasteiger partial charge in [-0.3, -0.25) is 9.78 Å². The molecule has 7 heteroatoms. The summed E-state index contributed by atoms with van der Waals surface area (Å²) >= 11 is 0. The van der Waals surface area contributed by atoms with Gasteiger partial charge in [0.15, 0.2) is 0 Å². The number of aromatic nitrogens is 3. The monoisotopic (exact) mass is 496 g/mol. The number of carbonyl (C=O) groups excluding carboxylic acids is 1. The highest BCUT2D eigenvalue weighted by atomic mass is 16.5. The number of amides is 1. The van der Waals surface area contributed by atoms with Crippen LogP contribution in [0.3, 0.4) is 0 Å². The molecule has 0 bridgehead atoms. The molecule has 5 heterocycles. The number of carbonyl (C=O) groups is 1. The van der Waals surface area contributed by atoms with E-state index >= 15 is 0 Å². The summed E-state index contributed by atoms with van der Waals surface area (Å²) in [7, 11) is 1.71. The minimum atomic E-state index is -0.271. The molecule has 0 spiro atoms. The predicted octanol–water partition coefficient (Wildman–Crippen LogP) is 6.01. The number of pyridine rings is 1. The van der Waals surface area contributed by atoms with Crippen LogP contribution < -0.4 is 4.74 Å². The Hall–Kier alpha value is -3.87. The second kappa shape index (κ2) is 8.91. The van der Waals surface area contributed by atoms with E-state index in [0.717, 1.165) is 77.2 Å². The van der Waals surface area contributed by atoms with Crippen molar-refractivity contribution in [3.63, 3.8) is 0 Å². The number of benzene rings is 1. The van der Waals surface area contributed by atoms with E-state index in [2.05, 4.69) is 47.4 Å². The summed E-state index contributed by atoms with van der Waals surface area (Å²) in [5, 5.41) is 0. The average Bonchev–Trinajstić information content (AvgIpc) is 3.52. The first kappa shape index (κ1) is 23.5. The first-order chi connectivity index (χ1) is 17.9. The minimum absolute atomic E-state index is 0.0886. The van der Waals surface area contributed by atoms with E-state index in [1.165, 1.54) is 5.56 Å². The maximum atomic E-state index is 14.2. The summed E-state index contributed by atoms with van der Waals surface area (Å²) in [4.78, 5) is 25.1. The summed E-state index contributed by atoms with van der Waals surface area (Å²) in [5.41, 5.74) is 7.72. The van der Waals surface area contributed by atoms with Crippen molar-refractivity contribution in [1.82, 2.24) is 19.4 Å². The van der Waals surface area contributed by atoms with Crippen LogP contribution >= 0.6 is 0 Å². The molecule has 0 unspecified atom stereocenters. The summed E-state index contributed by atoms with van der Waals surface area (Å²) in [6.45, 7) is 7.81. The van der Waals surface area contributed by atoms with Crippen molar-refractivity contribution in [2.45, 2.75) is 58.5 Å². The van der Waals surface area contributed by atoms with Crippen LogP contribution in [0, 0.1) is 0 Å². The van der Waals surface area contributed by atoms with Crippen molar-refractivity contribution < 1.29 is 13.9 Å². The zero-order valence-corrected chi connectivity index (χ0v) is 21.9. The summed E-state index contributed by atoms with van der Waals surface area (Å²) in [5.74, 6) is 1.47. The van der Waals surface area contributed by atoms with Crippen molar-refractivity contribution in [1.29, 1.82) is 0 Å². The van der Waals surface area contributed by atoms with Gasteiger partial charge in [-0.2, -0.15) is 0 Å². The van der Waals surface area contributed by atoms with Crippen molar-refractivity contribution >= 4 is 5.91 Å². The van der Waals surface area contributed by atoms with Crippen LogP contribution in [0.2, 0.25) is 0 Å². The van der Waals surface area contributed by atoms with Gasteiger partial charge in [-0.15, -0.1) is 0 Å². The van der Waals surface area contributed by atoms with Gasteiger partial charge in [0.25, 0.3) is 5.91 Å². The Morgan fingerprint density at radius 2 is 1.89 bits per heavy atom.